The molecule has 4 N–H and O–H groups in total. The number of anilines is 1. The number of hydrogen-bond donors (Lipinski definition) is 3. The van der Waals surface area contributed by atoms with E-state index in [4.69, 9.17) is 10.8 Å². The molecule has 0 aliphatic carbocycles. The van der Waals surface area contributed by atoms with E-state index in [0.29, 0.717) is 5.82 Å². The molecule has 10 heteroatoms. The predicted octanol–water partition coefficient (Wildman–Crippen LogP) is -0.426. The molecule has 0 aliphatic rings. The highest BCUT2D eigenvalue weighted by molar-refractivity contribution is 7.89. The second-order valence-corrected chi connectivity index (χ2v) is 5.98. The zero-order chi connectivity index (χ0) is 15.6. The molecule has 0 spiro atoms. The van der Waals surface area contributed by atoms with Crippen LogP contribution >= 0.6 is 0 Å². The summed E-state index contributed by atoms with van der Waals surface area (Å²) in [7, 11) is -2.35. The van der Waals surface area contributed by atoms with Gasteiger partial charge in [0.15, 0.2) is 0 Å². The molecule has 0 atom stereocenters. The summed E-state index contributed by atoms with van der Waals surface area (Å²) in [5.41, 5.74) is 5.26. The highest BCUT2D eigenvalue weighted by atomic mass is 32.2. The number of aromatic nitrogens is 3. The van der Waals surface area contributed by atoms with Crippen molar-refractivity contribution in [1.82, 2.24) is 19.5 Å². The minimum atomic E-state index is -4.01. The topological polar surface area (TPSA) is 140 Å². The average molecular weight is 311 g/mol. The molecule has 9 nitrogen and oxygen atoms in total. The van der Waals surface area contributed by atoms with Crippen molar-refractivity contribution in [1.29, 1.82) is 0 Å². The number of hydrogen-bond acceptors (Lipinski definition) is 6. The number of nitrogen functional groups attached to an aromatic ring is 1. The molecule has 0 bridgehead atoms. The van der Waals surface area contributed by atoms with Crippen molar-refractivity contribution in [2.75, 3.05) is 5.73 Å². The van der Waals surface area contributed by atoms with Crippen molar-refractivity contribution in [2.45, 2.75) is 11.4 Å². The van der Waals surface area contributed by atoms with Gasteiger partial charge in [0, 0.05) is 12.7 Å². The van der Waals surface area contributed by atoms with E-state index in [1.807, 2.05) is 0 Å². The molecular weight excluding hydrogens is 298 g/mol. The molecule has 0 saturated heterocycles. The van der Waals surface area contributed by atoms with E-state index in [9.17, 15) is 13.2 Å². The Labute approximate surface area is 120 Å². The summed E-state index contributed by atoms with van der Waals surface area (Å²) in [6.07, 6.45) is 1.43. The summed E-state index contributed by atoms with van der Waals surface area (Å²) in [5, 5.41) is 16.4. The fourth-order valence-corrected chi connectivity index (χ4v) is 2.81. The van der Waals surface area contributed by atoms with Gasteiger partial charge in [0.1, 0.15) is 12.2 Å². The predicted molar refractivity (Wildman–Crippen MR) is 72.8 cm³/mol. The van der Waals surface area contributed by atoms with Crippen LogP contribution in [-0.2, 0) is 23.6 Å². The van der Waals surface area contributed by atoms with Crippen LogP contribution in [0.1, 0.15) is 16.2 Å². The summed E-state index contributed by atoms with van der Waals surface area (Å²) >= 11 is 0. The number of rotatable bonds is 5. The van der Waals surface area contributed by atoms with Gasteiger partial charge >= 0.3 is 5.97 Å². The molecule has 0 aliphatic heterocycles. The molecule has 0 amide bonds. The van der Waals surface area contributed by atoms with Crippen molar-refractivity contribution in [3.05, 3.63) is 35.9 Å². The zero-order valence-corrected chi connectivity index (χ0v) is 11.8. The summed E-state index contributed by atoms with van der Waals surface area (Å²) < 4.78 is 28.2. The number of aryl methyl sites for hydroxylation is 1. The van der Waals surface area contributed by atoms with Crippen molar-refractivity contribution >= 4 is 21.7 Å². The molecule has 2 aromatic rings. The molecule has 1 aromatic carbocycles. The van der Waals surface area contributed by atoms with Gasteiger partial charge in [-0.15, -0.1) is 10.2 Å². The summed E-state index contributed by atoms with van der Waals surface area (Å²) in [5.74, 6) is -0.979. The Morgan fingerprint density at radius 3 is 2.76 bits per heavy atom. The normalized spacial score (nSPS) is 11.5. The van der Waals surface area contributed by atoms with Crippen molar-refractivity contribution < 1.29 is 18.3 Å². The van der Waals surface area contributed by atoms with Crippen LogP contribution in [0, 0.1) is 0 Å². The average Bonchev–Trinajstić information content (AvgIpc) is 2.81. The number of aromatic carboxylic acids is 1. The van der Waals surface area contributed by atoms with Gasteiger partial charge in [-0.3, -0.25) is 0 Å². The number of benzene rings is 1. The van der Waals surface area contributed by atoms with Gasteiger partial charge in [0.25, 0.3) is 0 Å². The Morgan fingerprint density at radius 2 is 2.19 bits per heavy atom. The number of carboxylic acids is 1. The van der Waals surface area contributed by atoms with E-state index < -0.39 is 16.0 Å². The van der Waals surface area contributed by atoms with Crippen LogP contribution in [0.2, 0.25) is 0 Å². The molecule has 0 radical (unpaired) electrons. The van der Waals surface area contributed by atoms with Crippen molar-refractivity contribution in [3.63, 3.8) is 0 Å². The fraction of sp³-hybridized carbons (Fsp3) is 0.182. The summed E-state index contributed by atoms with van der Waals surface area (Å²) in [6.45, 7) is -0.109. The van der Waals surface area contributed by atoms with Crippen LogP contribution in [0.5, 0.6) is 0 Å². The first-order valence-electron chi connectivity index (χ1n) is 5.76. The van der Waals surface area contributed by atoms with Crippen molar-refractivity contribution in [2.24, 2.45) is 7.05 Å². The minimum Gasteiger partial charge on any atom is -0.478 e. The van der Waals surface area contributed by atoms with Crippen LogP contribution < -0.4 is 10.5 Å². The Kier molecular flexibility index (Phi) is 3.91. The van der Waals surface area contributed by atoms with Gasteiger partial charge in [0.05, 0.1) is 17.0 Å². The molecule has 1 aromatic heterocycles. The van der Waals surface area contributed by atoms with Crippen LogP contribution in [0.3, 0.4) is 0 Å². The number of nitrogens with zero attached hydrogens (tertiary/aromatic N) is 3. The Hall–Kier alpha value is -2.46. The standard InChI is InChI=1S/C11H13N5O4S/c1-16-6-13-15-10(16)5-14-21(19,20)9-3-2-7(12)4-8(9)11(17)18/h2-4,6,14H,5,12H2,1H3,(H,17,18). The number of nitrogens with two attached hydrogens (primary N) is 1. The number of sulfonamides is 1. The van der Waals surface area contributed by atoms with E-state index in [0.717, 1.165) is 12.1 Å². The molecule has 0 saturated carbocycles. The van der Waals surface area contributed by atoms with E-state index in [-0.39, 0.29) is 22.7 Å². The third-order valence-corrected chi connectivity index (χ3v) is 4.21. The van der Waals surface area contributed by atoms with E-state index >= 15 is 0 Å². The number of carboxylic acid groups (broad SMARTS) is 1. The van der Waals surface area contributed by atoms with Gasteiger partial charge < -0.3 is 15.4 Å². The highest BCUT2D eigenvalue weighted by Gasteiger charge is 2.22. The highest BCUT2D eigenvalue weighted by Crippen LogP contribution is 2.19. The largest absolute Gasteiger partial charge is 0.478 e. The quantitative estimate of drug-likeness (QED) is 0.636. The first-order chi connectivity index (χ1) is 9.81. The fourth-order valence-electron chi connectivity index (χ4n) is 1.65. The lowest BCUT2D eigenvalue weighted by atomic mass is 10.2. The van der Waals surface area contributed by atoms with Gasteiger partial charge in [-0.05, 0) is 18.2 Å². The van der Waals surface area contributed by atoms with Crippen LogP contribution in [0.15, 0.2) is 29.4 Å². The first-order valence-corrected chi connectivity index (χ1v) is 7.25. The number of carbonyl (C=O) groups is 1. The summed E-state index contributed by atoms with van der Waals surface area (Å²) in [6, 6.07) is 3.57. The molecule has 2 rings (SSSR count). The van der Waals surface area contributed by atoms with Crippen LogP contribution in [0.25, 0.3) is 0 Å². The maximum Gasteiger partial charge on any atom is 0.337 e. The van der Waals surface area contributed by atoms with E-state index in [1.54, 1.807) is 11.6 Å². The lowest BCUT2D eigenvalue weighted by Crippen LogP contribution is -2.26. The summed E-state index contributed by atoms with van der Waals surface area (Å²) in [4.78, 5) is 10.8. The van der Waals surface area contributed by atoms with E-state index in [1.165, 1.54) is 12.4 Å². The second kappa shape index (κ2) is 5.50. The SMILES string of the molecule is Cn1cnnc1CNS(=O)(=O)c1ccc(N)cc1C(=O)O. The molecular formula is C11H13N5O4S. The maximum atomic E-state index is 12.2. The lowest BCUT2D eigenvalue weighted by molar-refractivity contribution is 0.0692. The zero-order valence-electron chi connectivity index (χ0n) is 11.0. The van der Waals surface area contributed by atoms with Crippen molar-refractivity contribution in [3.8, 4) is 0 Å². The third kappa shape index (κ3) is 3.17. The minimum absolute atomic E-state index is 0.109. The Morgan fingerprint density at radius 1 is 1.48 bits per heavy atom. The van der Waals surface area contributed by atoms with Gasteiger partial charge in [0.2, 0.25) is 10.0 Å². The van der Waals surface area contributed by atoms with Gasteiger partial charge in [-0.2, -0.15) is 0 Å². The molecule has 0 fully saturated rings. The second-order valence-electron chi connectivity index (χ2n) is 4.24. The lowest BCUT2D eigenvalue weighted by Gasteiger charge is -2.09. The monoisotopic (exact) mass is 311 g/mol. The Bertz CT molecular complexity index is 784. The molecule has 21 heavy (non-hydrogen) atoms. The van der Waals surface area contributed by atoms with Gasteiger partial charge in [-0.1, -0.05) is 0 Å². The van der Waals surface area contributed by atoms with Crippen LogP contribution in [-0.4, -0.2) is 34.3 Å². The third-order valence-electron chi connectivity index (χ3n) is 2.75. The van der Waals surface area contributed by atoms with E-state index in [2.05, 4.69) is 14.9 Å². The molecule has 1 heterocycles. The number of nitrogens with one attached hydrogen (secondary N) is 1. The van der Waals surface area contributed by atoms with Crippen LogP contribution in [0.4, 0.5) is 5.69 Å². The first kappa shape index (κ1) is 14.9. The van der Waals surface area contributed by atoms with Gasteiger partial charge in [-0.25, -0.2) is 17.9 Å². The molecule has 0 unspecified atom stereocenters. The Balaban J connectivity index is 2.32. The molecule has 112 valence electrons. The maximum absolute atomic E-state index is 12.2. The smallest absolute Gasteiger partial charge is 0.337 e.